The highest BCUT2D eigenvalue weighted by atomic mass is 19.1. The molecule has 3 amide bonds. The van der Waals surface area contributed by atoms with Gasteiger partial charge in [0.1, 0.15) is 17.7 Å². The summed E-state index contributed by atoms with van der Waals surface area (Å²) in [6.45, 7) is 6.06. The van der Waals surface area contributed by atoms with E-state index in [1.807, 2.05) is 25.1 Å². The molecule has 0 atom stereocenters. The summed E-state index contributed by atoms with van der Waals surface area (Å²) in [7, 11) is 0. The minimum absolute atomic E-state index is 0.00677. The second-order valence-corrected chi connectivity index (χ2v) is 9.51. The van der Waals surface area contributed by atoms with E-state index in [9.17, 15) is 14.4 Å². The second-order valence-electron chi connectivity index (χ2n) is 9.51. The Kier molecular flexibility index (Phi) is 8.58. The van der Waals surface area contributed by atoms with Crippen LogP contribution >= 0.6 is 0 Å². The molecule has 12 nitrogen and oxygen atoms in total. The predicted octanol–water partition coefficient (Wildman–Crippen LogP) is 4.20. The van der Waals surface area contributed by atoms with Crippen LogP contribution in [0.2, 0.25) is 0 Å². The summed E-state index contributed by atoms with van der Waals surface area (Å²) < 4.78 is 29.1. The molecule has 1 aliphatic rings. The Morgan fingerprint density at radius 3 is 2.52 bits per heavy atom. The number of urea groups is 1. The van der Waals surface area contributed by atoms with Crippen molar-refractivity contribution < 1.29 is 23.5 Å². The average molecular weight is 576 g/mol. The van der Waals surface area contributed by atoms with Crippen molar-refractivity contribution in [3.63, 3.8) is 0 Å². The summed E-state index contributed by atoms with van der Waals surface area (Å²) >= 11 is 0. The molecule has 3 heterocycles. The molecule has 1 aliphatic heterocycles. The molecule has 2 N–H and O–H groups in total. The van der Waals surface area contributed by atoms with Crippen LogP contribution in [0.15, 0.2) is 65.7 Å². The first-order chi connectivity index (χ1) is 20.4. The number of carbonyl (C=O) groups excluding carboxylic acids is 2. The number of halogens is 1. The van der Waals surface area contributed by atoms with Crippen molar-refractivity contribution in [1.82, 2.24) is 24.2 Å². The van der Waals surface area contributed by atoms with Crippen molar-refractivity contribution in [2.45, 2.75) is 26.8 Å². The Labute approximate surface area is 240 Å². The van der Waals surface area contributed by atoms with E-state index in [2.05, 4.69) is 20.6 Å². The van der Waals surface area contributed by atoms with Gasteiger partial charge in [-0.05, 0) is 37.6 Å². The molecule has 0 radical (unpaired) electrons. The minimum Gasteiger partial charge on any atom is -0.436 e. The average Bonchev–Trinajstić information content (AvgIpc) is 3.24. The zero-order chi connectivity index (χ0) is 29.6. The number of benzene rings is 2. The molecule has 4 aromatic rings. The van der Waals surface area contributed by atoms with E-state index >= 15 is 4.39 Å². The number of hydrogen-bond donors (Lipinski definition) is 2. The molecule has 13 heteroatoms. The van der Waals surface area contributed by atoms with Gasteiger partial charge in [0.2, 0.25) is 5.88 Å². The molecule has 0 saturated carbocycles. The summed E-state index contributed by atoms with van der Waals surface area (Å²) in [6, 6.07) is 14.0. The standard InChI is InChI=1S/C29H30FN7O5/c1-3-11-36-19(2)26(28(39)37(36)21-7-5-4-6-8-21)27(38)33-20-9-10-23(22(30)16-20)42-25-17-24(31-18-32-25)34-29(40)35-12-14-41-15-13-35/h4-10,16-18H,3,11-15H2,1-2H3,(H,33,38)(H,31,32,34,40). The first kappa shape index (κ1) is 28.5. The Morgan fingerprint density at radius 2 is 1.81 bits per heavy atom. The van der Waals surface area contributed by atoms with Crippen LogP contribution in [0.3, 0.4) is 0 Å². The van der Waals surface area contributed by atoms with Gasteiger partial charge in [0.15, 0.2) is 11.6 Å². The molecule has 2 aromatic heterocycles. The van der Waals surface area contributed by atoms with Crippen molar-refractivity contribution in [1.29, 1.82) is 0 Å². The summed E-state index contributed by atoms with van der Waals surface area (Å²) in [5.74, 6) is -1.39. The van der Waals surface area contributed by atoms with Crippen molar-refractivity contribution in [2.24, 2.45) is 0 Å². The van der Waals surface area contributed by atoms with Gasteiger partial charge in [-0.15, -0.1) is 0 Å². The number of nitrogens with one attached hydrogen (secondary N) is 2. The monoisotopic (exact) mass is 575 g/mol. The normalized spacial score (nSPS) is 13.1. The lowest BCUT2D eigenvalue weighted by atomic mass is 10.2. The quantitative estimate of drug-likeness (QED) is 0.322. The molecule has 42 heavy (non-hydrogen) atoms. The van der Waals surface area contributed by atoms with Gasteiger partial charge in [-0.3, -0.25) is 19.6 Å². The molecule has 218 valence electrons. The highest BCUT2D eigenvalue weighted by molar-refractivity contribution is 6.05. The topological polar surface area (TPSA) is 133 Å². The largest absolute Gasteiger partial charge is 0.436 e. The van der Waals surface area contributed by atoms with Crippen LogP contribution in [0.4, 0.5) is 20.7 Å². The van der Waals surface area contributed by atoms with E-state index in [1.165, 1.54) is 29.2 Å². The number of rotatable bonds is 8. The lowest BCUT2D eigenvalue weighted by Crippen LogP contribution is -2.43. The van der Waals surface area contributed by atoms with Crippen LogP contribution in [0.1, 0.15) is 29.4 Å². The van der Waals surface area contributed by atoms with Crippen molar-refractivity contribution in [3.8, 4) is 17.3 Å². The molecule has 1 saturated heterocycles. The fraction of sp³-hybridized carbons (Fsp3) is 0.276. The van der Waals surface area contributed by atoms with Crippen LogP contribution in [0.5, 0.6) is 11.6 Å². The third-order valence-corrected chi connectivity index (χ3v) is 6.64. The maximum absolute atomic E-state index is 15.0. The van der Waals surface area contributed by atoms with Gasteiger partial charge in [0.25, 0.3) is 11.5 Å². The molecule has 2 aromatic carbocycles. The van der Waals surface area contributed by atoms with Gasteiger partial charge < -0.3 is 19.7 Å². The molecule has 1 fully saturated rings. The van der Waals surface area contributed by atoms with Gasteiger partial charge in [-0.2, -0.15) is 0 Å². The van der Waals surface area contributed by atoms with Crippen LogP contribution < -0.4 is 20.9 Å². The van der Waals surface area contributed by atoms with E-state index in [1.54, 1.807) is 28.6 Å². The Balaban J connectivity index is 1.30. The number of aromatic nitrogens is 4. The summed E-state index contributed by atoms with van der Waals surface area (Å²) in [5, 5.41) is 5.28. The van der Waals surface area contributed by atoms with Gasteiger partial charge >= 0.3 is 6.03 Å². The van der Waals surface area contributed by atoms with Crippen LogP contribution in [-0.4, -0.2) is 62.5 Å². The molecule has 0 bridgehead atoms. The number of ether oxygens (including phenoxy) is 2. The minimum atomic E-state index is -0.771. The Hall–Kier alpha value is -5.04. The molecule has 0 aliphatic carbocycles. The molecule has 5 rings (SSSR count). The highest BCUT2D eigenvalue weighted by Gasteiger charge is 2.24. The third kappa shape index (κ3) is 6.15. The lowest BCUT2D eigenvalue weighted by Gasteiger charge is -2.26. The molecular weight excluding hydrogens is 545 g/mol. The molecular formula is C29H30FN7O5. The highest BCUT2D eigenvalue weighted by Crippen LogP contribution is 2.27. The fourth-order valence-corrected chi connectivity index (χ4v) is 4.60. The third-order valence-electron chi connectivity index (χ3n) is 6.64. The summed E-state index contributed by atoms with van der Waals surface area (Å²) in [5.41, 5.74) is 0.786. The smallest absolute Gasteiger partial charge is 0.323 e. The van der Waals surface area contributed by atoms with Crippen molar-refractivity contribution >= 4 is 23.4 Å². The Bertz CT molecular complexity index is 1650. The molecule has 0 unspecified atom stereocenters. The number of nitrogens with zero attached hydrogens (tertiary/aromatic N) is 5. The second kappa shape index (κ2) is 12.6. The molecule has 0 spiro atoms. The summed E-state index contributed by atoms with van der Waals surface area (Å²) in [6.07, 6.45) is 1.94. The van der Waals surface area contributed by atoms with Crippen LogP contribution in [0.25, 0.3) is 5.69 Å². The van der Waals surface area contributed by atoms with Crippen LogP contribution in [0, 0.1) is 12.7 Å². The van der Waals surface area contributed by atoms with Gasteiger partial charge in [0, 0.05) is 37.5 Å². The maximum atomic E-state index is 15.0. The first-order valence-corrected chi connectivity index (χ1v) is 13.5. The van der Waals surface area contributed by atoms with E-state index in [0.717, 1.165) is 12.5 Å². The van der Waals surface area contributed by atoms with Crippen LogP contribution in [-0.2, 0) is 11.3 Å². The van der Waals surface area contributed by atoms with Crippen molar-refractivity contribution in [2.75, 3.05) is 36.9 Å². The van der Waals surface area contributed by atoms with E-state index < -0.39 is 17.3 Å². The van der Waals surface area contributed by atoms with Gasteiger partial charge in [-0.1, -0.05) is 25.1 Å². The maximum Gasteiger partial charge on any atom is 0.323 e. The predicted molar refractivity (Wildman–Crippen MR) is 153 cm³/mol. The van der Waals surface area contributed by atoms with E-state index in [4.69, 9.17) is 9.47 Å². The lowest BCUT2D eigenvalue weighted by molar-refractivity contribution is 0.0564. The number of carbonyl (C=O) groups is 2. The SMILES string of the molecule is CCCn1c(C)c(C(=O)Nc2ccc(Oc3cc(NC(=O)N4CCOCC4)ncn3)c(F)c2)c(=O)n1-c1ccccc1. The zero-order valence-corrected chi connectivity index (χ0v) is 23.2. The summed E-state index contributed by atoms with van der Waals surface area (Å²) in [4.78, 5) is 48.6. The number of para-hydroxylation sites is 1. The fourth-order valence-electron chi connectivity index (χ4n) is 4.60. The van der Waals surface area contributed by atoms with E-state index in [-0.39, 0.29) is 34.7 Å². The Morgan fingerprint density at radius 1 is 1.05 bits per heavy atom. The number of hydrogen-bond acceptors (Lipinski definition) is 7. The first-order valence-electron chi connectivity index (χ1n) is 13.5. The van der Waals surface area contributed by atoms with Crippen molar-refractivity contribution in [3.05, 3.63) is 88.4 Å². The number of amides is 3. The number of morpholine rings is 1. The van der Waals surface area contributed by atoms with E-state index in [0.29, 0.717) is 44.2 Å². The number of anilines is 2. The van der Waals surface area contributed by atoms with Gasteiger partial charge in [-0.25, -0.2) is 23.8 Å². The van der Waals surface area contributed by atoms with Gasteiger partial charge in [0.05, 0.1) is 24.6 Å². The zero-order valence-electron chi connectivity index (χ0n) is 23.2.